The summed E-state index contributed by atoms with van der Waals surface area (Å²) in [5, 5.41) is 3.13. The average molecular weight is 396 g/mol. The number of anilines is 1. The standard InChI is InChI=1S/C23H29N3O3/c1-4-25(2)23(28)20-7-5-6-8-21(20)26-15-13-18(14-16-26)24-22(27)17-9-11-19(29-3)12-10-17/h5-12,18H,4,13-16H2,1-3H3,(H,24,27). The first-order chi connectivity index (χ1) is 14.0. The van der Waals surface area contributed by atoms with Crippen molar-refractivity contribution in [1.29, 1.82) is 0 Å². The van der Waals surface area contributed by atoms with Crippen molar-refractivity contribution in [2.24, 2.45) is 0 Å². The Balaban J connectivity index is 1.61. The van der Waals surface area contributed by atoms with Crippen LogP contribution >= 0.6 is 0 Å². The van der Waals surface area contributed by atoms with Gasteiger partial charge >= 0.3 is 0 Å². The van der Waals surface area contributed by atoms with Crippen LogP contribution in [0.4, 0.5) is 5.69 Å². The third-order valence-corrected chi connectivity index (χ3v) is 5.48. The van der Waals surface area contributed by atoms with Crippen molar-refractivity contribution in [2.45, 2.75) is 25.8 Å². The summed E-state index contributed by atoms with van der Waals surface area (Å²) in [7, 11) is 3.43. The Bertz CT molecular complexity index is 843. The van der Waals surface area contributed by atoms with Crippen LogP contribution in [-0.4, -0.2) is 56.5 Å². The molecule has 0 spiro atoms. The van der Waals surface area contributed by atoms with E-state index < -0.39 is 0 Å². The number of methoxy groups -OCH3 is 1. The second-order valence-corrected chi connectivity index (χ2v) is 7.30. The molecule has 1 heterocycles. The van der Waals surface area contributed by atoms with Gasteiger partial charge in [0.05, 0.1) is 12.7 Å². The first-order valence-corrected chi connectivity index (χ1v) is 10.1. The van der Waals surface area contributed by atoms with E-state index in [4.69, 9.17) is 4.74 Å². The Kier molecular flexibility index (Phi) is 6.75. The van der Waals surface area contributed by atoms with E-state index in [0.29, 0.717) is 12.1 Å². The number of ether oxygens (including phenoxy) is 1. The molecule has 6 heteroatoms. The zero-order valence-electron chi connectivity index (χ0n) is 17.4. The molecule has 2 amide bonds. The highest BCUT2D eigenvalue weighted by atomic mass is 16.5. The van der Waals surface area contributed by atoms with Crippen molar-refractivity contribution in [3.05, 3.63) is 59.7 Å². The van der Waals surface area contributed by atoms with Crippen molar-refractivity contribution in [3.8, 4) is 5.75 Å². The molecule has 2 aromatic carbocycles. The number of piperidine rings is 1. The first kappa shape index (κ1) is 20.7. The largest absolute Gasteiger partial charge is 0.497 e. The van der Waals surface area contributed by atoms with Crippen LogP contribution in [-0.2, 0) is 0 Å². The highest BCUT2D eigenvalue weighted by molar-refractivity contribution is 5.99. The van der Waals surface area contributed by atoms with Crippen LogP contribution < -0.4 is 15.0 Å². The molecule has 0 aromatic heterocycles. The smallest absolute Gasteiger partial charge is 0.255 e. The maximum Gasteiger partial charge on any atom is 0.255 e. The lowest BCUT2D eigenvalue weighted by Crippen LogP contribution is -2.45. The van der Waals surface area contributed by atoms with E-state index in [0.717, 1.165) is 42.9 Å². The number of nitrogens with zero attached hydrogens (tertiary/aromatic N) is 2. The van der Waals surface area contributed by atoms with E-state index >= 15 is 0 Å². The summed E-state index contributed by atoms with van der Waals surface area (Å²) in [6.45, 7) is 4.24. The van der Waals surface area contributed by atoms with Crippen LogP contribution in [0.25, 0.3) is 0 Å². The van der Waals surface area contributed by atoms with Gasteiger partial charge in [0.25, 0.3) is 11.8 Å². The monoisotopic (exact) mass is 395 g/mol. The van der Waals surface area contributed by atoms with E-state index in [1.165, 1.54) is 0 Å². The van der Waals surface area contributed by atoms with Gasteiger partial charge in [-0.25, -0.2) is 0 Å². The topological polar surface area (TPSA) is 61.9 Å². The number of para-hydroxylation sites is 1. The van der Waals surface area contributed by atoms with Crippen LogP contribution in [0.3, 0.4) is 0 Å². The molecule has 0 aliphatic carbocycles. The van der Waals surface area contributed by atoms with Gasteiger partial charge in [0.15, 0.2) is 0 Å². The zero-order valence-corrected chi connectivity index (χ0v) is 17.4. The number of hydrogen-bond acceptors (Lipinski definition) is 4. The Morgan fingerprint density at radius 1 is 1.10 bits per heavy atom. The van der Waals surface area contributed by atoms with E-state index in [1.54, 1.807) is 36.3 Å². The van der Waals surface area contributed by atoms with Gasteiger partial charge in [0.1, 0.15) is 5.75 Å². The fourth-order valence-corrected chi connectivity index (χ4v) is 3.56. The number of amides is 2. The summed E-state index contributed by atoms with van der Waals surface area (Å²) < 4.78 is 5.14. The number of carbonyl (C=O) groups excluding carboxylic acids is 2. The molecule has 1 aliphatic rings. The molecule has 1 fully saturated rings. The molecule has 154 valence electrons. The van der Waals surface area contributed by atoms with Crippen molar-refractivity contribution in [3.63, 3.8) is 0 Å². The zero-order chi connectivity index (χ0) is 20.8. The van der Waals surface area contributed by atoms with E-state index in [1.807, 2.05) is 38.2 Å². The predicted molar refractivity (Wildman–Crippen MR) is 115 cm³/mol. The quantitative estimate of drug-likeness (QED) is 0.816. The molecule has 1 saturated heterocycles. The third kappa shape index (κ3) is 4.88. The molecule has 1 aliphatic heterocycles. The normalized spacial score (nSPS) is 14.4. The minimum Gasteiger partial charge on any atom is -0.497 e. The van der Waals surface area contributed by atoms with Gasteiger partial charge in [0, 0.05) is 44.0 Å². The van der Waals surface area contributed by atoms with Crippen LogP contribution in [0.2, 0.25) is 0 Å². The highest BCUT2D eigenvalue weighted by Crippen LogP contribution is 2.25. The van der Waals surface area contributed by atoms with Crippen molar-refractivity contribution in [1.82, 2.24) is 10.2 Å². The van der Waals surface area contributed by atoms with Gasteiger partial charge < -0.3 is 19.9 Å². The number of nitrogens with one attached hydrogen (secondary N) is 1. The lowest BCUT2D eigenvalue weighted by atomic mass is 10.0. The maximum atomic E-state index is 12.7. The molecule has 0 bridgehead atoms. The second kappa shape index (κ2) is 9.45. The average Bonchev–Trinajstić information content (AvgIpc) is 2.78. The molecule has 0 atom stereocenters. The minimum absolute atomic E-state index is 0.0398. The molecular formula is C23H29N3O3. The molecule has 0 radical (unpaired) electrons. The van der Waals surface area contributed by atoms with Crippen LogP contribution in [0.1, 0.15) is 40.5 Å². The van der Waals surface area contributed by atoms with Crippen molar-refractivity contribution >= 4 is 17.5 Å². The highest BCUT2D eigenvalue weighted by Gasteiger charge is 2.24. The Labute approximate surface area is 172 Å². The van der Waals surface area contributed by atoms with Gasteiger partial charge in [-0.15, -0.1) is 0 Å². The summed E-state index contributed by atoms with van der Waals surface area (Å²) in [5.74, 6) is 0.709. The molecule has 3 rings (SSSR count). The van der Waals surface area contributed by atoms with Gasteiger partial charge in [-0.05, 0) is 56.2 Å². The summed E-state index contributed by atoms with van der Waals surface area (Å²) in [5.41, 5.74) is 2.34. The van der Waals surface area contributed by atoms with E-state index in [9.17, 15) is 9.59 Å². The molecule has 0 saturated carbocycles. The van der Waals surface area contributed by atoms with Gasteiger partial charge in [-0.2, -0.15) is 0 Å². The summed E-state index contributed by atoms with van der Waals surface area (Å²) in [6.07, 6.45) is 1.68. The van der Waals surface area contributed by atoms with Gasteiger partial charge in [0.2, 0.25) is 0 Å². The first-order valence-electron chi connectivity index (χ1n) is 10.1. The number of carbonyl (C=O) groups is 2. The van der Waals surface area contributed by atoms with Gasteiger partial charge in [-0.3, -0.25) is 9.59 Å². The molecule has 6 nitrogen and oxygen atoms in total. The fraction of sp³-hybridized carbons (Fsp3) is 0.391. The summed E-state index contributed by atoms with van der Waals surface area (Å²) >= 11 is 0. The Hall–Kier alpha value is -3.02. The lowest BCUT2D eigenvalue weighted by Gasteiger charge is -2.35. The molecule has 1 N–H and O–H groups in total. The summed E-state index contributed by atoms with van der Waals surface area (Å²) in [4.78, 5) is 29.2. The predicted octanol–water partition coefficient (Wildman–Crippen LogP) is 3.19. The SMILES string of the molecule is CCN(C)C(=O)c1ccccc1N1CCC(NC(=O)c2ccc(OC)cc2)CC1. The van der Waals surface area contributed by atoms with E-state index in [2.05, 4.69) is 10.2 Å². The van der Waals surface area contributed by atoms with Crippen LogP contribution in [0.5, 0.6) is 5.75 Å². The molecule has 0 unspecified atom stereocenters. The fourth-order valence-electron chi connectivity index (χ4n) is 3.56. The van der Waals surface area contributed by atoms with Crippen LogP contribution in [0.15, 0.2) is 48.5 Å². The Morgan fingerprint density at radius 3 is 2.38 bits per heavy atom. The number of benzene rings is 2. The third-order valence-electron chi connectivity index (χ3n) is 5.48. The number of rotatable bonds is 6. The molecular weight excluding hydrogens is 366 g/mol. The van der Waals surface area contributed by atoms with Crippen LogP contribution in [0, 0.1) is 0 Å². The van der Waals surface area contributed by atoms with E-state index in [-0.39, 0.29) is 17.9 Å². The molecule has 2 aromatic rings. The van der Waals surface area contributed by atoms with Crippen molar-refractivity contribution < 1.29 is 14.3 Å². The maximum absolute atomic E-state index is 12.7. The molecule has 29 heavy (non-hydrogen) atoms. The summed E-state index contributed by atoms with van der Waals surface area (Å²) in [6, 6.07) is 15.0. The van der Waals surface area contributed by atoms with Gasteiger partial charge in [-0.1, -0.05) is 12.1 Å². The lowest BCUT2D eigenvalue weighted by molar-refractivity contribution is 0.0802. The number of hydrogen-bond donors (Lipinski definition) is 1. The van der Waals surface area contributed by atoms with Crippen molar-refractivity contribution in [2.75, 3.05) is 38.7 Å². The second-order valence-electron chi connectivity index (χ2n) is 7.30. The Morgan fingerprint density at radius 2 is 1.76 bits per heavy atom. The minimum atomic E-state index is -0.0637.